The van der Waals surface area contributed by atoms with Crippen molar-refractivity contribution in [3.8, 4) is 0 Å². The minimum Gasteiger partial charge on any atom is -0.466 e. The number of para-hydroxylation sites is 1. The summed E-state index contributed by atoms with van der Waals surface area (Å²) < 4.78 is 11.9. The Kier molecular flexibility index (Phi) is 5.98. The van der Waals surface area contributed by atoms with Crippen LogP contribution in [0.1, 0.15) is 38.7 Å². The molecule has 0 saturated carbocycles. The van der Waals surface area contributed by atoms with Gasteiger partial charge in [-0.25, -0.2) is 0 Å². The molecule has 3 fully saturated rings. The summed E-state index contributed by atoms with van der Waals surface area (Å²) in [4.78, 5) is 41.5. The molecule has 4 rings (SSSR count). The summed E-state index contributed by atoms with van der Waals surface area (Å²) in [7, 11) is 0. The molecule has 3 heterocycles. The van der Waals surface area contributed by atoms with Crippen LogP contribution in [0.3, 0.4) is 0 Å². The number of nitrogens with one attached hydrogen (secondary N) is 1. The molecular formula is C23H29ClN2O6. The second-order valence-electron chi connectivity index (χ2n) is 8.76. The molecule has 3 aliphatic rings. The fourth-order valence-electron chi connectivity index (χ4n) is 5.94. The van der Waals surface area contributed by atoms with Gasteiger partial charge in [0.2, 0.25) is 11.8 Å². The topological polar surface area (TPSA) is 105 Å². The number of rotatable bonds is 7. The quantitative estimate of drug-likeness (QED) is 0.600. The highest BCUT2D eigenvalue weighted by molar-refractivity contribution is 6.34. The van der Waals surface area contributed by atoms with Crippen LogP contribution in [0.4, 0.5) is 5.69 Å². The number of amides is 2. The van der Waals surface area contributed by atoms with Crippen LogP contribution >= 0.6 is 11.6 Å². The van der Waals surface area contributed by atoms with Gasteiger partial charge in [-0.2, -0.15) is 0 Å². The van der Waals surface area contributed by atoms with Gasteiger partial charge in [0.05, 0.1) is 35.4 Å². The summed E-state index contributed by atoms with van der Waals surface area (Å²) in [5, 5.41) is 12.9. The van der Waals surface area contributed by atoms with Crippen molar-refractivity contribution in [2.45, 2.75) is 57.3 Å². The smallest absolute Gasteiger partial charge is 0.312 e. The number of aliphatic hydroxyl groups excluding tert-OH is 1. The largest absolute Gasteiger partial charge is 0.466 e. The first-order valence-electron chi connectivity index (χ1n) is 11.1. The van der Waals surface area contributed by atoms with E-state index in [2.05, 4.69) is 5.32 Å². The number of carbonyl (C=O) groups is 3. The van der Waals surface area contributed by atoms with E-state index >= 15 is 0 Å². The number of esters is 1. The second-order valence-corrected chi connectivity index (χ2v) is 9.17. The molecule has 2 bridgehead atoms. The van der Waals surface area contributed by atoms with Gasteiger partial charge in [-0.1, -0.05) is 30.7 Å². The number of likely N-dealkylation sites (tertiary alicyclic amines) is 1. The number of hydrogen-bond donors (Lipinski definition) is 2. The van der Waals surface area contributed by atoms with E-state index in [1.807, 2.05) is 19.9 Å². The first-order valence-corrected chi connectivity index (χ1v) is 11.5. The Balaban J connectivity index is 1.76. The summed E-state index contributed by atoms with van der Waals surface area (Å²) in [5.41, 5.74) is -0.741. The lowest BCUT2D eigenvalue weighted by atomic mass is 9.65. The Labute approximate surface area is 192 Å². The monoisotopic (exact) mass is 464 g/mol. The highest BCUT2D eigenvalue weighted by Crippen LogP contribution is 2.64. The Morgan fingerprint density at radius 1 is 1.34 bits per heavy atom. The van der Waals surface area contributed by atoms with Gasteiger partial charge >= 0.3 is 5.97 Å². The summed E-state index contributed by atoms with van der Waals surface area (Å²) in [6, 6.07) is 4.30. The Morgan fingerprint density at radius 2 is 2.09 bits per heavy atom. The molecule has 0 aliphatic carbocycles. The van der Waals surface area contributed by atoms with Gasteiger partial charge in [0.25, 0.3) is 0 Å². The number of benzene rings is 1. The lowest BCUT2D eigenvalue weighted by molar-refractivity contribution is -0.160. The van der Waals surface area contributed by atoms with Gasteiger partial charge in [0.1, 0.15) is 17.6 Å². The predicted molar refractivity (Wildman–Crippen MR) is 117 cm³/mol. The van der Waals surface area contributed by atoms with E-state index < -0.39 is 41.0 Å². The zero-order valence-electron chi connectivity index (χ0n) is 18.5. The van der Waals surface area contributed by atoms with Crippen LogP contribution in [-0.4, -0.2) is 64.8 Å². The summed E-state index contributed by atoms with van der Waals surface area (Å²) in [6.07, 6.45) is 1.55. The number of nitrogens with zero attached hydrogens (tertiary/aromatic N) is 1. The van der Waals surface area contributed by atoms with E-state index in [1.165, 1.54) is 4.90 Å². The fourth-order valence-corrected chi connectivity index (χ4v) is 6.21. The maximum absolute atomic E-state index is 13.6. The molecule has 1 aromatic rings. The summed E-state index contributed by atoms with van der Waals surface area (Å²) in [5.74, 6) is -2.88. The number of fused-ring (bicyclic) bond motifs is 1. The Hall–Kier alpha value is -2.16. The number of β-amino-alcohol motifs (C(OH)–C–C–N with tert-alkyl or cyclic N) is 1. The van der Waals surface area contributed by atoms with Crippen molar-refractivity contribution in [3.05, 3.63) is 28.8 Å². The Morgan fingerprint density at radius 3 is 2.72 bits per heavy atom. The van der Waals surface area contributed by atoms with Crippen LogP contribution in [-0.2, 0) is 23.9 Å². The lowest BCUT2D eigenvalue weighted by Crippen LogP contribution is -2.53. The van der Waals surface area contributed by atoms with Crippen molar-refractivity contribution in [1.82, 2.24) is 4.90 Å². The number of halogens is 1. The van der Waals surface area contributed by atoms with Gasteiger partial charge in [0, 0.05) is 6.54 Å². The number of carbonyl (C=O) groups excluding carboxylic acids is 3. The van der Waals surface area contributed by atoms with Crippen LogP contribution in [0.2, 0.25) is 5.02 Å². The number of ether oxygens (including phenoxy) is 2. The normalized spacial score (nSPS) is 32.8. The van der Waals surface area contributed by atoms with Gasteiger partial charge in [-0.05, 0) is 44.7 Å². The van der Waals surface area contributed by atoms with E-state index in [0.717, 1.165) is 5.56 Å². The van der Waals surface area contributed by atoms with Crippen molar-refractivity contribution in [1.29, 1.82) is 0 Å². The van der Waals surface area contributed by atoms with E-state index in [-0.39, 0.29) is 25.7 Å². The molecule has 1 aromatic carbocycles. The van der Waals surface area contributed by atoms with Crippen LogP contribution in [0.5, 0.6) is 0 Å². The van der Waals surface area contributed by atoms with Gasteiger partial charge in [0.15, 0.2) is 0 Å². The molecule has 9 heteroatoms. The van der Waals surface area contributed by atoms with E-state index in [1.54, 1.807) is 19.1 Å². The average Bonchev–Trinajstić information content (AvgIpc) is 3.35. The summed E-state index contributed by atoms with van der Waals surface area (Å²) in [6.45, 7) is 5.32. The minimum absolute atomic E-state index is 0.0330. The average molecular weight is 465 g/mol. The van der Waals surface area contributed by atoms with Crippen LogP contribution in [0.25, 0.3) is 0 Å². The van der Waals surface area contributed by atoms with Gasteiger partial charge < -0.3 is 24.8 Å². The van der Waals surface area contributed by atoms with Crippen LogP contribution < -0.4 is 5.32 Å². The lowest BCUT2D eigenvalue weighted by Gasteiger charge is -2.33. The molecule has 8 nitrogen and oxygen atoms in total. The molecule has 0 radical (unpaired) electrons. The van der Waals surface area contributed by atoms with Crippen molar-refractivity contribution >= 4 is 35.1 Å². The number of hydrogen-bond acceptors (Lipinski definition) is 6. The third kappa shape index (κ3) is 3.15. The highest BCUT2D eigenvalue weighted by atomic mass is 35.5. The molecule has 32 heavy (non-hydrogen) atoms. The fraction of sp³-hybridized carbons (Fsp3) is 0.609. The third-order valence-electron chi connectivity index (χ3n) is 7.28. The van der Waals surface area contributed by atoms with Crippen LogP contribution in [0, 0.1) is 18.8 Å². The van der Waals surface area contributed by atoms with Gasteiger partial charge in [-0.15, -0.1) is 0 Å². The number of anilines is 1. The van der Waals surface area contributed by atoms with E-state index in [9.17, 15) is 19.5 Å². The molecule has 1 spiro atoms. The zero-order valence-corrected chi connectivity index (χ0v) is 19.3. The molecule has 174 valence electrons. The predicted octanol–water partition coefficient (Wildman–Crippen LogP) is 2.30. The van der Waals surface area contributed by atoms with Crippen molar-refractivity contribution in [2.75, 3.05) is 25.1 Å². The SMILES string of the molecule is CCOC(=O)[C@@H]1[C@H]2C(=O)N(CCO)C(C(=O)Nc3c(C)cccc3Cl)C23CC[C@@]1(CC)O3. The van der Waals surface area contributed by atoms with E-state index in [4.69, 9.17) is 21.1 Å². The van der Waals surface area contributed by atoms with Crippen molar-refractivity contribution in [3.63, 3.8) is 0 Å². The van der Waals surface area contributed by atoms with E-state index in [0.29, 0.717) is 30.0 Å². The molecule has 0 aromatic heterocycles. The van der Waals surface area contributed by atoms with Crippen molar-refractivity contribution in [2.24, 2.45) is 11.8 Å². The number of aliphatic hydroxyl groups is 1. The molecule has 2 amide bonds. The molecule has 3 aliphatic heterocycles. The zero-order chi connectivity index (χ0) is 23.3. The highest BCUT2D eigenvalue weighted by Gasteiger charge is 2.79. The third-order valence-corrected chi connectivity index (χ3v) is 7.60. The van der Waals surface area contributed by atoms with Gasteiger partial charge in [-0.3, -0.25) is 14.4 Å². The van der Waals surface area contributed by atoms with Crippen molar-refractivity contribution < 1.29 is 29.0 Å². The maximum atomic E-state index is 13.6. The maximum Gasteiger partial charge on any atom is 0.312 e. The Bertz CT molecular complexity index is 934. The number of aryl methyl sites for hydroxylation is 1. The molecule has 2 unspecified atom stereocenters. The summed E-state index contributed by atoms with van der Waals surface area (Å²) >= 11 is 6.31. The molecule has 2 N–H and O–H groups in total. The van der Waals surface area contributed by atoms with Crippen LogP contribution in [0.15, 0.2) is 18.2 Å². The molecular weight excluding hydrogens is 436 g/mol. The standard InChI is InChI=1S/C23H29ClN2O6/c1-4-22-9-10-23(32-22)15(16(22)21(30)31-5-2)20(29)26(11-12-27)18(23)19(28)25-17-13(3)7-6-8-14(17)24/h6-8,15-16,18,27H,4-5,9-12H2,1-3H3,(H,25,28)/t15-,16-,18?,22+,23?/m0/s1. The first-order chi connectivity index (χ1) is 15.3. The molecule has 3 saturated heterocycles. The minimum atomic E-state index is -1.15. The second kappa shape index (κ2) is 8.32. The first kappa shape index (κ1) is 23.0. The molecule has 5 atom stereocenters.